The van der Waals surface area contributed by atoms with E-state index in [4.69, 9.17) is 22.1 Å². The molecule has 1 atom stereocenters. The minimum atomic E-state index is -0.265. The van der Waals surface area contributed by atoms with Crippen LogP contribution in [-0.2, 0) is 22.7 Å². The molecule has 34 heavy (non-hydrogen) atoms. The molecule has 3 aliphatic heterocycles. The van der Waals surface area contributed by atoms with E-state index < -0.39 is 0 Å². The highest BCUT2D eigenvalue weighted by molar-refractivity contribution is 7.71. The number of amides is 1. The van der Waals surface area contributed by atoms with Crippen molar-refractivity contribution in [2.45, 2.75) is 64.3 Å². The number of nitrogens with zero attached hydrogens (tertiary/aromatic N) is 5. The number of carbonyl (C=O) groups excluding carboxylic acids is 1. The van der Waals surface area contributed by atoms with Crippen LogP contribution in [-0.4, -0.2) is 68.9 Å². The van der Waals surface area contributed by atoms with E-state index >= 15 is 0 Å². The summed E-state index contributed by atoms with van der Waals surface area (Å²) in [4.78, 5) is 16.9. The highest BCUT2D eigenvalue weighted by Gasteiger charge is 2.26. The van der Waals surface area contributed by atoms with E-state index in [0.29, 0.717) is 36.2 Å². The standard InChI is InChI=1S/C25H34FN5O2S/c26-21-7-5-20(6-8-21)24-27-31(25(34)30(24)17-22-4-3-15-33-22)18-28-13-9-19(10-14-28)16-23(32)29-11-1-2-12-29/h5-8,19,22H,1-4,9-18H2. The Balaban J connectivity index is 1.26. The number of likely N-dealkylation sites (tertiary alicyclic amines) is 2. The van der Waals surface area contributed by atoms with Gasteiger partial charge in [-0.05, 0) is 80.9 Å². The summed E-state index contributed by atoms with van der Waals surface area (Å²) in [7, 11) is 0. The van der Waals surface area contributed by atoms with E-state index in [1.807, 2.05) is 14.1 Å². The molecule has 0 N–H and O–H groups in total. The molecule has 0 saturated carbocycles. The van der Waals surface area contributed by atoms with E-state index in [1.54, 1.807) is 12.1 Å². The Morgan fingerprint density at radius 1 is 1.06 bits per heavy atom. The molecule has 5 rings (SSSR count). The molecule has 1 aromatic heterocycles. The maximum atomic E-state index is 13.5. The van der Waals surface area contributed by atoms with E-state index in [-0.39, 0.29) is 11.9 Å². The van der Waals surface area contributed by atoms with Crippen LogP contribution in [0.5, 0.6) is 0 Å². The minimum absolute atomic E-state index is 0.132. The molecule has 0 bridgehead atoms. The molecule has 1 aromatic carbocycles. The number of rotatable bonds is 7. The predicted molar refractivity (Wildman–Crippen MR) is 130 cm³/mol. The van der Waals surface area contributed by atoms with Crippen LogP contribution < -0.4 is 0 Å². The number of aromatic nitrogens is 3. The van der Waals surface area contributed by atoms with Crippen molar-refractivity contribution in [1.82, 2.24) is 24.1 Å². The van der Waals surface area contributed by atoms with Gasteiger partial charge in [-0.25, -0.2) is 9.07 Å². The minimum Gasteiger partial charge on any atom is -0.376 e. The van der Waals surface area contributed by atoms with Crippen molar-refractivity contribution >= 4 is 18.1 Å². The molecule has 3 fully saturated rings. The van der Waals surface area contributed by atoms with Crippen molar-refractivity contribution in [3.63, 3.8) is 0 Å². The van der Waals surface area contributed by atoms with Crippen molar-refractivity contribution in [2.75, 3.05) is 32.8 Å². The van der Waals surface area contributed by atoms with Crippen LogP contribution in [0, 0.1) is 16.5 Å². The van der Waals surface area contributed by atoms with Crippen molar-refractivity contribution in [3.05, 3.63) is 34.9 Å². The summed E-state index contributed by atoms with van der Waals surface area (Å²) in [5.74, 6) is 1.28. The highest BCUT2D eigenvalue weighted by atomic mass is 32.1. The lowest BCUT2D eigenvalue weighted by atomic mass is 9.93. The van der Waals surface area contributed by atoms with Gasteiger partial charge in [0.05, 0.1) is 19.3 Å². The fraction of sp³-hybridized carbons (Fsp3) is 0.640. The summed E-state index contributed by atoms with van der Waals surface area (Å²) in [6.07, 6.45) is 7.22. The average molecular weight is 488 g/mol. The summed E-state index contributed by atoms with van der Waals surface area (Å²) in [6, 6.07) is 6.43. The van der Waals surface area contributed by atoms with Gasteiger partial charge in [0.1, 0.15) is 5.82 Å². The van der Waals surface area contributed by atoms with E-state index in [2.05, 4.69) is 4.90 Å². The number of hydrogen-bond acceptors (Lipinski definition) is 5. The first-order valence-electron chi connectivity index (χ1n) is 12.6. The second-order valence-electron chi connectivity index (χ2n) is 9.85. The quantitative estimate of drug-likeness (QED) is 0.551. The van der Waals surface area contributed by atoms with Crippen LogP contribution in [0.3, 0.4) is 0 Å². The first-order chi connectivity index (χ1) is 16.6. The van der Waals surface area contributed by atoms with Gasteiger partial charge >= 0.3 is 0 Å². The number of piperidine rings is 1. The molecule has 1 amide bonds. The number of halogens is 1. The molecule has 0 aliphatic carbocycles. The predicted octanol–water partition coefficient (Wildman–Crippen LogP) is 4.08. The van der Waals surface area contributed by atoms with Crippen LogP contribution in [0.15, 0.2) is 24.3 Å². The van der Waals surface area contributed by atoms with E-state index in [9.17, 15) is 9.18 Å². The van der Waals surface area contributed by atoms with Crippen LogP contribution >= 0.6 is 12.2 Å². The molecule has 3 aliphatic rings. The molecule has 0 spiro atoms. The average Bonchev–Trinajstić information content (AvgIpc) is 3.61. The Morgan fingerprint density at radius 3 is 2.47 bits per heavy atom. The van der Waals surface area contributed by atoms with Gasteiger partial charge in [-0.2, -0.15) is 5.10 Å². The molecular weight excluding hydrogens is 453 g/mol. The normalized spacial score (nSPS) is 22.0. The van der Waals surface area contributed by atoms with Crippen LogP contribution in [0.25, 0.3) is 11.4 Å². The van der Waals surface area contributed by atoms with Gasteiger partial charge in [0.2, 0.25) is 5.91 Å². The van der Waals surface area contributed by atoms with Crippen molar-refractivity contribution in [3.8, 4) is 11.4 Å². The maximum absolute atomic E-state index is 13.5. The van der Waals surface area contributed by atoms with Gasteiger partial charge in [0.15, 0.2) is 10.6 Å². The Bertz CT molecular complexity index is 1030. The summed E-state index contributed by atoms with van der Waals surface area (Å²) < 4.78 is 24.0. The number of benzene rings is 1. The van der Waals surface area contributed by atoms with Gasteiger partial charge in [-0.3, -0.25) is 14.3 Å². The fourth-order valence-corrected chi connectivity index (χ4v) is 5.63. The topological polar surface area (TPSA) is 55.5 Å². The maximum Gasteiger partial charge on any atom is 0.222 e. The first kappa shape index (κ1) is 23.6. The number of ether oxygens (including phenoxy) is 1. The largest absolute Gasteiger partial charge is 0.376 e. The molecule has 7 nitrogen and oxygen atoms in total. The lowest BCUT2D eigenvalue weighted by molar-refractivity contribution is -0.131. The van der Waals surface area contributed by atoms with Gasteiger partial charge in [0, 0.05) is 44.8 Å². The molecule has 4 heterocycles. The molecule has 9 heteroatoms. The molecule has 1 unspecified atom stereocenters. The zero-order valence-electron chi connectivity index (χ0n) is 19.7. The zero-order valence-corrected chi connectivity index (χ0v) is 20.5. The Kier molecular flexibility index (Phi) is 7.41. The van der Waals surface area contributed by atoms with Crippen LogP contribution in [0.2, 0.25) is 0 Å². The van der Waals surface area contributed by atoms with Gasteiger partial charge in [-0.15, -0.1) is 0 Å². The highest BCUT2D eigenvalue weighted by Crippen LogP contribution is 2.25. The molecule has 2 aromatic rings. The number of hydrogen-bond donors (Lipinski definition) is 0. The fourth-order valence-electron chi connectivity index (χ4n) is 5.37. The Labute approximate surface area is 205 Å². The van der Waals surface area contributed by atoms with Crippen molar-refractivity contribution in [2.24, 2.45) is 5.92 Å². The lowest BCUT2D eigenvalue weighted by Crippen LogP contribution is -2.37. The first-order valence-corrected chi connectivity index (χ1v) is 13.0. The number of carbonyl (C=O) groups is 1. The summed E-state index contributed by atoms with van der Waals surface area (Å²) in [5.41, 5.74) is 0.850. The zero-order chi connectivity index (χ0) is 23.5. The molecular formula is C25H34FN5O2S. The third-order valence-electron chi connectivity index (χ3n) is 7.40. The van der Waals surface area contributed by atoms with E-state index in [1.165, 1.54) is 12.1 Å². The molecule has 184 valence electrons. The third kappa shape index (κ3) is 5.42. The second-order valence-corrected chi connectivity index (χ2v) is 10.2. The Morgan fingerprint density at radius 2 is 1.79 bits per heavy atom. The van der Waals surface area contributed by atoms with Gasteiger partial charge in [0.25, 0.3) is 0 Å². The molecule has 3 saturated heterocycles. The smallest absolute Gasteiger partial charge is 0.222 e. The second kappa shape index (κ2) is 10.7. The SMILES string of the molecule is O=C(CC1CCN(Cn2nc(-c3ccc(F)cc3)n(CC3CCCO3)c2=S)CC1)N1CCCC1. The van der Waals surface area contributed by atoms with Crippen molar-refractivity contribution < 1.29 is 13.9 Å². The van der Waals surface area contributed by atoms with Crippen LogP contribution in [0.4, 0.5) is 4.39 Å². The van der Waals surface area contributed by atoms with Crippen molar-refractivity contribution in [1.29, 1.82) is 0 Å². The monoisotopic (exact) mass is 487 g/mol. The summed E-state index contributed by atoms with van der Waals surface area (Å²) in [5, 5.41) is 4.86. The summed E-state index contributed by atoms with van der Waals surface area (Å²) >= 11 is 5.84. The lowest BCUT2D eigenvalue weighted by Gasteiger charge is -2.32. The van der Waals surface area contributed by atoms with E-state index in [0.717, 1.165) is 82.7 Å². The van der Waals surface area contributed by atoms with Crippen LogP contribution in [0.1, 0.15) is 44.9 Å². The Hall–Kier alpha value is -2.10. The summed E-state index contributed by atoms with van der Waals surface area (Å²) in [6.45, 7) is 5.80. The molecule has 0 radical (unpaired) electrons. The third-order valence-corrected chi connectivity index (χ3v) is 7.83. The van der Waals surface area contributed by atoms with Gasteiger partial charge in [-0.1, -0.05) is 0 Å². The van der Waals surface area contributed by atoms with Gasteiger partial charge < -0.3 is 9.64 Å².